The van der Waals surface area contributed by atoms with Crippen molar-refractivity contribution >= 4 is 16.9 Å². The van der Waals surface area contributed by atoms with Gasteiger partial charge in [-0.1, -0.05) is 12.1 Å². The van der Waals surface area contributed by atoms with Gasteiger partial charge in [0.1, 0.15) is 5.82 Å². The van der Waals surface area contributed by atoms with Crippen LogP contribution in [0, 0.1) is 0 Å². The monoisotopic (exact) mass is 324 g/mol. The number of nitrogens with zero attached hydrogens (tertiary/aromatic N) is 3. The molecule has 6 heteroatoms. The molecule has 0 fully saturated rings. The van der Waals surface area contributed by atoms with Gasteiger partial charge in [-0.2, -0.15) is 0 Å². The van der Waals surface area contributed by atoms with E-state index in [2.05, 4.69) is 9.97 Å². The third-order valence-electron chi connectivity index (χ3n) is 4.04. The molecule has 3 aromatic rings. The molecule has 24 heavy (non-hydrogen) atoms. The lowest BCUT2D eigenvalue weighted by Crippen LogP contribution is -2.29. The number of carbonyl (C=O) groups is 1. The van der Waals surface area contributed by atoms with E-state index < -0.39 is 0 Å². The van der Waals surface area contributed by atoms with Crippen LogP contribution in [0.4, 0.5) is 0 Å². The predicted octanol–water partition coefficient (Wildman–Crippen LogP) is 1.97. The van der Waals surface area contributed by atoms with E-state index in [1.807, 2.05) is 24.3 Å². The van der Waals surface area contributed by atoms with Crippen LogP contribution >= 0.6 is 0 Å². The van der Waals surface area contributed by atoms with Gasteiger partial charge in [0.25, 0.3) is 11.5 Å². The summed E-state index contributed by atoms with van der Waals surface area (Å²) in [6.45, 7) is 0.602. The molecule has 0 bridgehead atoms. The standard InChI is InChI=1S/C18H20N4O2/c1-21-11-9-13(12-17(21)23)18(24)22(2)10-5-8-16-19-14-6-3-4-7-15(14)20-16/h3-4,6-7,9,11-12H,5,8,10H2,1-2H3,(H,19,20). The van der Waals surface area contributed by atoms with Gasteiger partial charge < -0.3 is 14.5 Å². The summed E-state index contributed by atoms with van der Waals surface area (Å²) in [7, 11) is 3.41. The summed E-state index contributed by atoms with van der Waals surface area (Å²) >= 11 is 0. The van der Waals surface area contributed by atoms with E-state index in [4.69, 9.17) is 0 Å². The molecule has 3 rings (SSSR count). The van der Waals surface area contributed by atoms with Gasteiger partial charge >= 0.3 is 0 Å². The molecule has 1 amide bonds. The van der Waals surface area contributed by atoms with Crippen LogP contribution in [0.15, 0.2) is 47.4 Å². The first-order chi connectivity index (χ1) is 11.5. The second-order valence-electron chi connectivity index (χ2n) is 5.90. The molecule has 124 valence electrons. The predicted molar refractivity (Wildman–Crippen MR) is 93.1 cm³/mol. The molecule has 0 aliphatic heterocycles. The van der Waals surface area contributed by atoms with E-state index >= 15 is 0 Å². The third-order valence-corrected chi connectivity index (χ3v) is 4.04. The minimum atomic E-state index is -0.184. The number of amides is 1. The first-order valence-corrected chi connectivity index (χ1v) is 7.90. The van der Waals surface area contributed by atoms with Crippen molar-refractivity contribution in [2.45, 2.75) is 12.8 Å². The van der Waals surface area contributed by atoms with Crippen molar-refractivity contribution in [1.29, 1.82) is 0 Å². The van der Waals surface area contributed by atoms with E-state index in [1.165, 1.54) is 10.6 Å². The maximum Gasteiger partial charge on any atom is 0.253 e. The number of imidazole rings is 1. The molecule has 0 aliphatic rings. The Hall–Kier alpha value is -2.89. The Balaban J connectivity index is 1.58. The highest BCUT2D eigenvalue weighted by atomic mass is 16.2. The maximum atomic E-state index is 12.3. The normalized spacial score (nSPS) is 10.9. The minimum absolute atomic E-state index is 0.141. The maximum absolute atomic E-state index is 12.3. The van der Waals surface area contributed by atoms with E-state index in [-0.39, 0.29) is 11.5 Å². The number of hydrogen-bond donors (Lipinski definition) is 1. The highest BCUT2D eigenvalue weighted by Crippen LogP contribution is 2.11. The number of aromatic nitrogens is 3. The van der Waals surface area contributed by atoms with E-state index in [9.17, 15) is 9.59 Å². The van der Waals surface area contributed by atoms with Crippen molar-refractivity contribution in [2.24, 2.45) is 7.05 Å². The largest absolute Gasteiger partial charge is 0.342 e. The molecule has 2 aromatic heterocycles. The van der Waals surface area contributed by atoms with Gasteiger partial charge in [0.2, 0.25) is 0 Å². The van der Waals surface area contributed by atoms with Gasteiger partial charge in [-0.15, -0.1) is 0 Å². The molecule has 6 nitrogen and oxygen atoms in total. The number of aryl methyl sites for hydroxylation is 2. The SMILES string of the molecule is CN(CCCc1nc2ccccc2[nH]1)C(=O)c1ccn(C)c(=O)c1. The Bertz CT molecular complexity index is 893. The van der Waals surface area contributed by atoms with E-state index in [0.717, 1.165) is 29.7 Å². The number of hydrogen-bond acceptors (Lipinski definition) is 3. The Morgan fingerprint density at radius 3 is 2.83 bits per heavy atom. The molecule has 0 radical (unpaired) electrons. The van der Waals surface area contributed by atoms with Gasteiger partial charge in [0, 0.05) is 44.9 Å². The number of para-hydroxylation sites is 2. The minimum Gasteiger partial charge on any atom is -0.342 e. The summed E-state index contributed by atoms with van der Waals surface area (Å²) in [4.78, 5) is 33.4. The molecule has 0 unspecified atom stereocenters. The van der Waals surface area contributed by atoms with Crippen molar-refractivity contribution in [1.82, 2.24) is 19.4 Å². The summed E-state index contributed by atoms with van der Waals surface area (Å²) in [5.74, 6) is 0.780. The average molecular weight is 324 g/mol. The number of pyridine rings is 1. The Labute approximate surface area is 139 Å². The van der Waals surface area contributed by atoms with E-state index in [1.54, 1.807) is 31.3 Å². The Morgan fingerprint density at radius 2 is 2.08 bits per heavy atom. The number of aromatic amines is 1. The summed E-state index contributed by atoms with van der Waals surface area (Å²) in [6.07, 6.45) is 3.17. The molecule has 0 saturated heterocycles. The van der Waals surface area contributed by atoms with Gasteiger partial charge in [-0.3, -0.25) is 9.59 Å². The topological polar surface area (TPSA) is 71.0 Å². The number of fused-ring (bicyclic) bond motifs is 1. The zero-order valence-electron chi connectivity index (χ0n) is 13.8. The highest BCUT2D eigenvalue weighted by molar-refractivity contribution is 5.93. The van der Waals surface area contributed by atoms with E-state index in [0.29, 0.717) is 12.1 Å². The summed E-state index contributed by atoms with van der Waals surface area (Å²) in [5.41, 5.74) is 2.22. The van der Waals surface area contributed by atoms with Crippen LogP contribution in [0.1, 0.15) is 22.6 Å². The fourth-order valence-corrected chi connectivity index (χ4v) is 2.61. The van der Waals surface area contributed by atoms with Crippen molar-refractivity contribution in [3.8, 4) is 0 Å². The fraction of sp³-hybridized carbons (Fsp3) is 0.278. The second-order valence-corrected chi connectivity index (χ2v) is 5.90. The highest BCUT2D eigenvalue weighted by Gasteiger charge is 2.12. The molecular formula is C18H20N4O2. The number of nitrogens with one attached hydrogen (secondary N) is 1. The molecular weight excluding hydrogens is 304 g/mol. The van der Waals surface area contributed by atoms with Crippen molar-refractivity contribution in [2.75, 3.05) is 13.6 Å². The first kappa shape index (κ1) is 16.0. The smallest absolute Gasteiger partial charge is 0.253 e. The van der Waals surface area contributed by atoms with Gasteiger partial charge in [0.05, 0.1) is 11.0 Å². The molecule has 1 N–H and O–H groups in total. The lowest BCUT2D eigenvalue weighted by Gasteiger charge is -2.16. The lowest BCUT2D eigenvalue weighted by molar-refractivity contribution is 0.0793. The van der Waals surface area contributed by atoms with Crippen LogP contribution in [0.25, 0.3) is 11.0 Å². The van der Waals surface area contributed by atoms with Crippen LogP contribution in [0.5, 0.6) is 0 Å². The summed E-state index contributed by atoms with van der Waals surface area (Å²) in [6, 6.07) is 10.9. The number of benzene rings is 1. The lowest BCUT2D eigenvalue weighted by atomic mass is 10.2. The Morgan fingerprint density at radius 1 is 1.29 bits per heavy atom. The fourth-order valence-electron chi connectivity index (χ4n) is 2.61. The molecule has 0 saturated carbocycles. The quantitative estimate of drug-likeness (QED) is 0.780. The summed E-state index contributed by atoms with van der Waals surface area (Å²) < 4.78 is 1.44. The van der Waals surface area contributed by atoms with Crippen molar-refractivity contribution in [3.05, 3.63) is 64.3 Å². The molecule has 2 heterocycles. The van der Waals surface area contributed by atoms with Crippen LogP contribution in [0.2, 0.25) is 0 Å². The average Bonchev–Trinajstić information content (AvgIpc) is 2.99. The van der Waals surface area contributed by atoms with Gasteiger partial charge in [-0.05, 0) is 24.6 Å². The van der Waals surface area contributed by atoms with Crippen LogP contribution in [-0.2, 0) is 13.5 Å². The molecule has 0 aliphatic carbocycles. The van der Waals surface area contributed by atoms with Crippen LogP contribution in [0.3, 0.4) is 0 Å². The second kappa shape index (κ2) is 6.70. The number of carbonyl (C=O) groups excluding carboxylic acids is 1. The van der Waals surface area contributed by atoms with Gasteiger partial charge in [0.15, 0.2) is 0 Å². The van der Waals surface area contributed by atoms with Crippen LogP contribution < -0.4 is 5.56 Å². The first-order valence-electron chi connectivity index (χ1n) is 7.90. The molecule has 0 spiro atoms. The summed E-state index contributed by atoms with van der Waals surface area (Å²) in [5, 5.41) is 0. The number of H-pyrrole nitrogens is 1. The number of rotatable bonds is 5. The molecule has 1 aromatic carbocycles. The zero-order chi connectivity index (χ0) is 17.1. The Kier molecular flexibility index (Phi) is 4.46. The third kappa shape index (κ3) is 3.37. The zero-order valence-corrected chi connectivity index (χ0v) is 13.8. The van der Waals surface area contributed by atoms with Gasteiger partial charge in [-0.25, -0.2) is 4.98 Å². The van der Waals surface area contributed by atoms with Crippen molar-refractivity contribution in [3.63, 3.8) is 0 Å². The molecule has 0 atom stereocenters. The van der Waals surface area contributed by atoms with Crippen LogP contribution in [-0.4, -0.2) is 38.9 Å². The van der Waals surface area contributed by atoms with Crippen molar-refractivity contribution < 1.29 is 4.79 Å².